The first-order valence-electron chi connectivity index (χ1n) is 9.20. The van der Waals surface area contributed by atoms with E-state index in [4.69, 9.17) is 11.6 Å². The van der Waals surface area contributed by atoms with Gasteiger partial charge in [-0.05, 0) is 49.6 Å². The Balaban J connectivity index is 1.70. The SMILES string of the molecule is Cc1cccc(C2(c3cccc(C)c3)C[C@@H]2C(=O)Nc2cccc(Cl)c2)c1. The third-order valence-corrected chi connectivity index (χ3v) is 5.67. The third-order valence-electron chi connectivity index (χ3n) is 5.44. The lowest BCUT2D eigenvalue weighted by atomic mass is 9.84. The number of halogens is 1. The molecular weight excluding hydrogens is 354 g/mol. The number of anilines is 1. The van der Waals surface area contributed by atoms with Crippen molar-refractivity contribution in [2.24, 2.45) is 5.92 Å². The zero-order chi connectivity index (χ0) is 19.0. The number of hydrogen-bond donors (Lipinski definition) is 1. The van der Waals surface area contributed by atoms with Crippen molar-refractivity contribution in [3.63, 3.8) is 0 Å². The molecule has 3 aromatic rings. The zero-order valence-electron chi connectivity index (χ0n) is 15.5. The van der Waals surface area contributed by atoms with Crippen LogP contribution in [0, 0.1) is 19.8 Å². The Labute approximate surface area is 165 Å². The number of carbonyl (C=O) groups is 1. The molecule has 0 aromatic heterocycles. The van der Waals surface area contributed by atoms with Gasteiger partial charge in [-0.15, -0.1) is 0 Å². The molecule has 1 aliphatic rings. The van der Waals surface area contributed by atoms with Gasteiger partial charge in [-0.25, -0.2) is 0 Å². The third kappa shape index (κ3) is 3.38. The van der Waals surface area contributed by atoms with Crippen molar-refractivity contribution in [2.75, 3.05) is 5.32 Å². The zero-order valence-corrected chi connectivity index (χ0v) is 16.3. The minimum absolute atomic E-state index is 0.0419. The molecule has 3 aromatic carbocycles. The largest absolute Gasteiger partial charge is 0.326 e. The number of benzene rings is 3. The molecule has 136 valence electrons. The number of nitrogens with one attached hydrogen (secondary N) is 1. The van der Waals surface area contributed by atoms with Crippen molar-refractivity contribution in [1.82, 2.24) is 0 Å². The normalized spacial score (nSPS) is 17.4. The predicted octanol–water partition coefficient (Wildman–Crippen LogP) is 5.90. The highest BCUT2D eigenvalue weighted by Gasteiger charge is 2.60. The Morgan fingerprint density at radius 1 is 0.926 bits per heavy atom. The van der Waals surface area contributed by atoms with Gasteiger partial charge in [0.05, 0.1) is 5.92 Å². The molecule has 1 fully saturated rings. The van der Waals surface area contributed by atoms with Crippen LogP contribution in [-0.4, -0.2) is 5.91 Å². The fraction of sp³-hybridized carbons (Fsp3) is 0.208. The lowest BCUT2D eigenvalue weighted by Gasteiger charge is -2.20. The second kappa shape index (κ2) is 6.86. The molecule has 1 atom stereocenters. The molecule has 0 saturated heterocycles. The van der Waals surface area contributed by atoms with E-state index in [1.165, 1.54) is 22.3 Å². The van der Waals surface area contributed by atoms with Gasteiger partial charge in [-0.2, -0.15) is 0 Å². The molecule has 0 unspecified atom stereocenters. The van der Waals surface area contributed by atoms with Crippen molar-refractivity contribution < 1.29 is 4.79 Å². The van der Waals surface area contributed by atoms with Crippen LogP contribution in [0.5, 0.6) is 0 Å². The summed E-state index contributed by atoms with van der Waals surface area (Å²) in [4.78, 5) is 13.1. The van der Waals surface area contributed by atoms with E-state index in [9.17, 15) is 4.79 Å². The molecule has 1 saturated carbocycles. The molecule has 4 rings (SSSR count). The summed E-state index contributed by atoms with van der Waals surface area (Å²) >= 11 is 6.05. The van der Waals surface area contributed by atoms with Crippen molar-refractivity contribution in [1.29, 1.82) is 0 Å². The first-order chi connectivity index (χ1) is 13.0. The van der Waals surface area contributed by atoms with Gasteiger partial charge in [0.25, 0.3) is 0 Å². The van der Waals surface area contributed by atoms with Gasteiger partial charge in [0.1, 0.15) is 0 Å². The maximum Gasteiger partial charge on any atom is 0.228 e. The van der Waals surface area contributed by atoms with Gasteiger partial charge < -0.3 is 5.32 Å². The van der Waals surface area contributed by atoms with Gasteiger partial charge in [0, 0.05) is 16.1 Å². The van der Waals surface area contributed by atoms with Crippen LogP contribution < -0.4 is 5.32 Å². The van der Waals surface area contributed by atoms with Crippen molar-refractivity contribution in [3.8, 4) is 0 Å². The van der Waals surface area contributed by atoms with Crippen LogP contribution in [0.15, 0.2) is 72.8 Å². The Kier molecular flexibility index (Phi) is 4.53. The van der Waals surface area contributed by atoms with Crippen LogP contribution in [0.25, 0.3) is 0 Å². The first kappa shape index (κ1) is 17.8. The van der Waals surface area contributed by atoms with Gasteiger partial charge in [-0.3, -0.25) is 4.79 Å². The molecule has 0 aliphatic heterocycles. The van der Waals surface area contributed by atoms with Crippen LogP contribution in [0.3, 0.4) is 0 Å². The topological polar surface area (TPSA) is 29.1 Å². The molecule has 0 bridgehead atoms. The standard InChI is InChI=1S/C24H22ClNO/c1-16-6-3-8-18(12-16)24(19-9-4-7-17(2)13-19)15-22(24)23(27)26-21-11-5-10-20(25)14-21/h3-14,22H,15H2,1-2H3,(H,26,27)/t22-/m1/s1. The summed E-state index contributed by atoms with van der Waals surface area (Å²) in [5.41, 5.74) is 5.31. The monoisotopic (exact) mass is 375 g/mol. The van der Waals surface area contributed by atoms with Crippen molar-refractivity contribution >= 4 is 23.2 Å². The van der Waals surface area contributed by atoms with E-state index in [1.54, 1.807) is 12.1 Å². The van der Waals surface area contributed by atoms with E-state index in [0.29, 0.717) is 5.02 Å². The van der Waals surface area contributed by atoms with Crippen LogP contribution in [0.4, 0.5) is 5.69 Å². The molecule has 0 radical (unpaired) electrons. The number of amides is 1. The molecule has 2 nitrogen and oxygen atoms in total. The highest BCUT2D eigenvalue weighted by Crippen LogP contribution is 2.59. The van der Waals surface area contributed by atoms with Gasteiger partial charge >= 0.3 is 0 Å². The molecule has 1 aliphatic carbocycles. The van der Waals surface area contributed by atoms with Gasteiger partial charge in [0.2, 0.25) is 5.91 Å². The summed E-state index contributed by atoms with van der Waals surface area (Å²) < 4.78 is 0. The fourth-order valence-electron chi connectivity index (χ4n) is 4.02. The predicted molar refractivity (Wildman–Crippen MR) is 111 cm³/mol. The van der Waals surface area contributed by atoms with E-state index < -0.39 is 0 Å². The average Bonchev–Trinajstić information content (AvgIpc) is 3.39. The van der Waals surface area contributed by atoms with E-state index >= 15 is 0 Å². The maximum absolute atomic E-state index is 13.1. The first-order valence-corrected chi connectivity index (χ1v) is 9.57. The Bertz CT molecular complexity index is 965. The lowest BCUT2D eigenvalue weighted by molar-refractivity contribution is -0.117. The van der Waals surface area contributed by atoms with Gasteiger partial charge in [-0.1, -0.05) is 77.3 Å². The van der Waals surface area contributed by atoms with Crippen molar-refractivity contribution in [3.05, 3.63) is 100 Å². The molecule has 3 heteroatoms. The van der Waals surface area contributed by atoms with Crippen LogP contribution in [0.2, 0.25) is 5.02 Å². The quantitative estimate of drug-likeness (QED) is 0.604. The number of rotatable bonds is 4. The maximum atomic E-state index is 13.1. The fourth-order valence-corrected chi connectivity index (χ4v) is 4.22. The van der Waals surface area contributed by atoms with E-state index in [0.717, 1.165) is 12.1 Å². The summed E-state index contributed by atoms with van der Waals surface area (Å²) in [6, 6.07) is 24.3. The van der Waals surface area contributed by atoms with E-state index in [-0.39, 0.29) is 17.2 Å². The molecule has 1 amide bonds. The molecule has 1 N–H and O–H groups in total. The smallest absolute Gasteiger partial charge is 0.228 e. The van der Waals surface area contributed by atoms with Crippen LogP contribution in [-0.2, 0) is 10.2 Å². The Morgan fingerprint density at radius 2 is 1.52 bits per heavy atom. The number of hydrogen-bond acceptors (Lipinski definition) is 1. The minimum Gasteiger partial charge on any atom is -0.326 e. The number of carbonyl (C=O) groups excluding carboxylic acids is 1. The van der Waals surface area contributed by atoms with Gasteiger partial charge in [0.15, 0.2) is 0 Å². The molecule has 0 heterocycles. The lowest BCUT2D eigenvalue weighted by Crippen LogP contribution is -2.22. The molecule has 27 heavy (non-hydrogen) atoms. The second-order valence-electron chi connectivity index (χ2n) is 7.47. The summed E-state index contributed by atoms with van der Waals surface area (Å²) in [6.07, 6.45) is 0.812. The minimum atomic E-state index is -0.263. The van der Waals surface area contributed by atoms with E-state index in [2.05, 4.69) is 67.7 Å². The van der Waals surface area contributed by atoms with Crippen LogP contribution in [0.1, 0.15) is 28.7 Å². The number of aryl methyl sites for hydroxylation is 2. The van der Waals surface area contributed by atoms with Crippen LogP contribution >= 0.6 is 11.6 Å². The molecular formula is C24H22ClNO. The van der Waals surface area contributed by atoms with E-state index in [1.807, 2.05) is 12.1 Å². The Morgan fingerprint density at radius 3 is 2.07 bits per heavy atom. The second-order valence-corrected chi connectivity index (χ2v) is 7.90. The Hall–Kier alpha value is -2.58. The van der Waals surface area contributed by atoms with Crippen molar-refractivity contribution in [2.45, 2.75) is 25.7 Å². The highest BCUT2D eigenvalue weighted by molar-refractivity contribution is 6.30. The molecule has 0 spiro atoms. The highest BCUT2D eigenvalue weighted by atomic mass is 35.5. The summed E-state index contributed by atoms with van der Waals surface area (Å²) in [5.74, 6) is -0.0552. The average molecular weight is 376 g/mol. The summed E-state index contributed by atoms with van der Waals surface area (Å²) in [5, 5.41) is 3.66. The summed E-state index contributed by atoms with van der Waals surface area (Å²) in [6.45, 7) is 4.19. The summed E-state index contributed by atoms with van der Waals surface area (Å²) in [7, 11) is 0.